The number of anilines is 1. The molecule has 2 aromatic rings. The van der Waals surface area contributed by atoms with Crippen LogP contribution in [-0.4, -0.2) is 19.0 Å². The van der Waals surface area contributed by atoms with Crippen molar-refractivity contribution >= 4 is 30.6 Å². The Morgan fingerprint density at radius 2 is 2.00 bits per heavy atom. The van der Waals surface area contributed by atoms with Crippen molar-refractivity contribution in [3.05, 3.63) is 36.5 Å². The Morgan fingerprint density at radius 3 is 2.75 bits per heavy atom. The SMILES string of the molecule is C[Si](C)(C)CCCC(=O)Nc1cnc2ccccc2c1. The highest BCUT2D eigenvalue weighted by atomic mass is 28.3. The molecule has 4 heteroatoms. The number of pyridine rings is 1. The highest BCUT2D eigenvalue weighted by Crippen LogP contribution is 2.17. The average Bonchev–Trinajstić information content (AvgIpc) is 2.37. The van der Waals surface area contributed by atoms with Gasteiger partial charge in [-0.15, -0.1) is 0 Å². The molecule has 3 nitrogen and oxygen atoms in total. The fraction of sp³-hybridized carbons (Fsp3) is 0.375. The molecule has 1 aromatic heterocycles. The maximum absolute atomic E-state index is 11.9. The van der Waals surface area contributed by atoms with E-state index in [-0.39, 0.29) is 5.91 Å². The molecule has 20 heavy (non-hydrogen) atoms. The van der Waals surface area contributed by atoms with Crippen LogP contribution in [0.4, 0.5) is 5.69 Å². The normalized spacial score (nSPS) is 11.6. The van der Waals surface area contributed by atoms with Gasteiger partial charge in [0, 0.05) is 19.9 Å². The van der Waals surface area contributed by atoms with Gasteiger partial charge >= 0.3 is 0 Å². The van der Waals surface area contributed by atoms with Crippen LogP contribution in [0.3, 0.4) is 0 Å². The molecule has 1 amide bonds. The number of carbonyl (C=O) groups is 1. The van der Waals surface area contributed by atoms with E-state index < -0.39 is 8.07 Å². The molecule has 1 N–H and O–H groups in total. The van der Waals surface area contributed by atoms with Crippen molar-refractivity contribution in [3.63, 3.8) is 0 Å². The van der Waals surface area contributed by atoms with Crippen LogP contribution in [0.1, 0.15) is 12.8 Å². The largest absolute Gasteiger partial charge is 0.325 e. The summed E-state index contributed by atoms with van der Waals surface area (Å²) in [4.78, 5) is 16.3. The van der Waals surface area contributed by atoms with Crippen molar-refractivity contribution in [1.29, 1.82) is 0 Å². The maximum Gasteiger partial charge on any atom is 0.224 e. The highest BCUT2D eigenvalue weighted by Gasteiger charge is 2.13. The zero-order chi connectivity index (χ0) is 14.6. The summed E-state index contributed by atoms with van der Waals surface area (Å²) in [7, 11) is -1.04. The lowest BCUT2D eigenvalue weighted by Gasteiger charge is -2.14. The average molecular weight is 286 g/mol. The van der Waals surface area contributed by atoms with Crippen LogP contribution in [0, 0.1) is 0 Å². The lowest BCUT2D eigenvalue weighted by atomic mass is 10.2. The van der Waals surface area contributed by atoms with E-state index in [0.717, 1.165) is 23.0 Å². The van der Waals surface area contributed by atoms with E-state index in [4.69, 9.17) is 0 Å². The topological polar surface area (TPSA) is 42.0 Å². The highest BCUT2D eigenvalue weighted by molar-refractivity contribution is 6.76. The molecule has 2 rings (SSSR count). The number of carbonyl (C=O) groups excluding carboxylic acids is 1. The van der Waals surface area contributed by atoms with Gasteiger partial charge in [-0.3, -0.25) is 9.78 Å². The first-order valence-electron chi connectivity index (χ1n) is 7.09. The predicted octanol–water partition coefficient (Wildman–Crippen LogP) is 4.29. The Kier molecular flexibility index (Phi) is 4.55. The molecule has 0 aliphatic heterocycles. The summed E-state index contributed by atoms with van der Waals surface area (Å²) >= 11 is 0. The van der Waals surface area contributed by atoms with E-state index in [1.807, 2.05) is 30.3 Å². The summed E-state index contributed by atoms with van der Waals surface area (Å²) in [5.41, 5.74) is 1.73. The first kappa shape index (κ1) is 14.7. The van der Waals surface area contributed by atoms with Crippen LogP contribution in [0.25, 0.3) is 10.9 Å². The second kappa shape index (κ2) is 6.18. The number of hydrogen-bond donors (Lipinski definition) is 1. The molecule has 0 saturated carbocycles. The third-order valence-electron chi connectivity index (χ3n) is 3.20. The minimum absolute atomic E-state index is 0.0836. The van der Waals surface area contributed by atoms with Crippen LogP contribution in [0.2, 0.25) is 25.7 Å². The van der Waals surface area contributed by atoms with Gasteiger partial charge in [-0.25, -0.2) is 0 Å². The third-order valence-corrected chi connectivity index (χ3v) is 5.06. The molecule has 1 aromatic carbocycles. The number of fused-ring (bicyclic) bond motifs is 1. The van der Waals surface area contributed by atoms with Crippen LogP contribution in [0.15, 0.2) is 36.5 Å². The van der Waals surface area contributed by atoms with Crippen molar-refractivity contribution < 1.29 is 4.79 Å². The number of amides is 1. The van der Waals surface area contributed by atoms with Gasteiger partial charge in [-0.1, -0.05) is 43.9 Å². The fourth-order valence-electron chi connectivity index (χ4n) is 2.14. The molecule has 0 unspecified atom stereocenters. The number of nitrogens with one attached hydrogen (secondary N) is 1. The lowest BCUT2D eigenvalue weighted by Crippen LogP contribution is -2.20. The van der Waals surface area contributed by atoms with Crippen LogP contribution in [-0.2, 0) is 4.79 Å². The standard InChI is InChI=1S/C16H22N2OSi/c1-20(2,3)10-6-9-16(19)18-14-11-13-7-4-5-8-15(13)17-12-14/h4-5,7-8,11-12H,6,9-10H2,1-3H3,(H,18,19). The van der Waals surface area contributed by atoms with Gasteiger partial charge < -0.3 is 5.32 Å². The molecule has 1 heterocycles. The fourth-order valence-corrected chi connectivity index (χ4v) is 3.38. The van der Waals surface area contributed by atoms with Gasteiger partial charge in [-0.05, 0) is 18.6 Å². The number of hydrogen-bond acceptors (Lipinski definition) is 2. The second-order valence-corrected chi connectivity index (χ2v) is 12.0. The van der Waals surface area contributed by atoms with Crippen molar-refractivity contribution in [2.45, 2.75) is 38.5 Å². The van der Waals surface area contributed by atoms with Gasteiger partial charge in [0.15, 0.2) is 0 Å². The number of rotatable bonds is 5. The van der Waals surface area contributed by atoms with Crippen molar-refractivity contribution in [2.24, 2.45) is 0 Å². The summed E-state index contributed by atoms with van der Waals surface area (Å²) < 4.78 is 0. The Morgan fingerprint density at radius 1 is 1.25 bits per heavy atom. The molecule has 0 atom stereocenters. The minimum Gasteiger partial charge on any atom is -0.325 e. The quantitative estimate of drug-likeness (QED) is 0.833. The van der Waals surface area contributed by atoms with Gasteiger partial charge in [0.25, 0.3) is 0 Å². The predicted molar refractivity (Wildman–Crippen MR) is 87.8 cm³/mol. The molecule has 0 bridgehead atoms. The Hall–Kier alpha value is -1.68. The van der Waals surface area contributed by atoms with E-state index in [1.54, 1.807) is 6.20 Å². The summed E-state index contributed by atoms with van der Waals surface area (Å²) in [6.07, 6.45) is 3.29. The number of aromatic nitrogens is 1. The number of para-hydroxylation sites is 1. The van der Waals surface area contributed by atoms with Gasteiger partial charge in [0.05, 0.1) is 17.4 Å². The molecule has 0 aliphatic rings. The Bertz CT molecular complexity index is 605. The zero-order valence-electron chi connectivity index (χ0n) is 12.4. The van der Waals surface area contributed by atoms with E-state index in [9.17, 15) is 4.79 Å². The lowest BCUT2D eigenvalue weighted by molar-refractivity contribution is -0.116. The summed E-state index contributed by atoms with van der Waals surface area (Å²) in [6, 6.07) is 11.1. The minimum atomic E-state index is -1.04. The molecule has 0 spiro atoms. The van der Waals surface area contributed by atoms with Crippen LogP contribution < -0.4 is 5.32 Å². The molecule has 0 saturated heterocycles. The maximum atomic E-state index is 11.9. The second-order valence-electron chi connectivity index (χ2n) is 6.38. The Labute approximate surface area is 121 Å². The first-order chi connectivity index (χ1) is 9.44. The van der Waals surface area contributed by atoms with Crippen LogP contribution >= 0.6 is 0 Å². The molecule has 0 fully saturated rings. The molecule has 0 aliphatic carbocycles. The van der Waals surface area contributed by atoms with Crippen molar-refractivity contribution in [2.75, 3.05) is 5.32 Å². The van der Waals surface area contributed by atoms with E-state index in [0.29, 0.717) is 6.42 Å². The van der Waals surface area contributed by atoms with Gasteiger partial charge in [0.2, 0.25) is 5.91 Å². The zero-order valence-corrected chi connectivity index (χ0v) is 13.4. The molecular weight excluding hydrogens is 264 g/mol. The number of benzene rings is 1. The third kappa shape index (κ3) is 4.45. The van der Waals surface area contributed by atoms with E-state index in [1.165, 1.54) is 6.04 Å². The van der Waals surface area contributed by atoms with Gasteiger partial charge in [-0.2, -0.15) is 0 Å². The molecular formula is C16H22N2OSi. The first-order valence-corrected chi connectivity index (χ1v) is 10.8. The monoisotopic (exact) mass is 286 g/mol. The summed E-state index contributed by atoms with van der Waals surface area (Å²) in [5, 5.41) is 3.98. The van der Waals surface area contributed by atoms with Crippen molar-refractivity contribution in [1.82, 2.24) is 4.98 Å². The van der Waals surface area contributed by atoms with E-state index >= 15 is 0 Å². The van der Waals surface area contributed by atoms with E-state index in [2.05, 4.69) is 29.9 Å². The Balaban J connectivity index is 1.92. The van der Waals surface area contributed by atoms with Crippen molar-refractivity contribution in [3.8, 4) is 0 Å². The summed E-state index contributed by atoms with van der Waals surface area (Å²) in [5.74, 6) is 0.0836. The molecule has 0 radical (unpaired) electrons. The van der Waals surface area contributed by atoms with Gasteiger partial charge in [0.1, 0.15) is 0 Å². The van der Waals surface area contributed by atoms with Crippen LogP contribution in [0.5, 0.6) is 0 Å². The molecule has 106 valence electrons. The summed E-state index contributed by atoms with van der Waals surface area (Å²) in [6.45, 7) is 6.99. The number of nitrogens with zero attached hydrogens (tertiary/aromatic N) is 1. The smallest absolute Gasteiger partial charge is 0.224 e.